The van der Waals surface area contributed by atoms with Crippen molar-refractivity contribution in [1.29, 1.82) is 0 Å². The van der Waals surface area contributed by atoms with Crippen molar-refractivity contribution < 1.29 is 9.84 Å². The van der Waals surface area contributed by atoms with Crippen LogP contribution in [-0.4, -0.2) is 32.8 Å². The van der Waals surface area contributed by atoms with E-state index in [1.165, 1.54) is 4.68 Å². The molecule has 3 aromatic rings. The maximum Gasteiger partial charge on any atom is 0.216 e. The summed E-state index contributed by atoms with van der Waals surface area (Å²) in [7, 11) is 0. The van der Waals surface area contributed by atoms with Crippen molar-refractivity contribution in [1.82, 2.24) is 14.9 Å². The zero-order valence-electron chi connectivity index (χ0n) is 14.6. The molecule has 0 saturated heterocycles. The molecule has 0 aliphatic rings. The highest BCUT2D eigenvalue weighted by atomic mass is 32.1. The Morgan fingerprint density at radius 1 is 1.27 bits per heavy atom. The Bertz CT molecular complexity index is 974. The van der Waals surface area contributed by atoms with Gasteiger partial charge in [0.25, 0.3) is 0 Å². The largest absolute Gasteiger partial charge is 0.507 e. The van der Waals surface area contributed by atoms with E-state index in [4.69, 9.17) is 17.0 Å². The SMILES string of the molecule is CCCOc1ccc(/C=N/n2c(-c3ccc(C)cc3)n[nH]c2=S)c(O)c1. The number of phenolic OH excluding ortho intramolecular Hbond substituents is 1. The zero-order chi connectivity index (χ0) is 18.5. The summed E-state index contributed by atoms with van der Waals surface area (Å²) in [5.74, 6) is 1.32. The van der Waals surface area contributed by atoms with Gasteiger partial charge >= 0.3 is 0 Å². The molecule has 2 N–H and O–H groups in total. The third kappa shape index (κ3) is 4.00. The molecule has 1 heterocycles. The number of phenols is 1. The predicted octanol–water partition coefficient (Wildman–Crippen LogP) is 4.29. The summed E-state index contributed by atoms with van der Waals surface area (Å²) in [6.07, 6.45) is 2.45. The molecule has 3 rings (SSSR count). The van der Waals surface area contributed by atoms with Crippen LogP contribution in [0.1, 0.15) is 24.5 Å². The van der Waals surface area contributed by atoms with Crippen LogP contribution in [0.5, 0.6) is 11.5 Å². The van der Waals surface area contributed by atoms with E-state index >= 15 is 0 Å². The molecule has 134 valence electrons. The van der Waals surface area contributed by atoms with Crippen LogP contribution in [0.4, 0.5) is 0 Å². The molecule has 6 nitrogen and oxygen atoms in total. The minimum atomic E-state index is 0.0919. The fourth-order valence-corrected chi connectivity index (χ4v) is 2.53. The van der Waals surface area contributed by atoms with Crippen LogP contribution in [0.25, 0.3) is 11.4 Å². The normalized spacial score (nSPS) is 11.2. The third-order valence-electron chi connectivity index (χ3n) is 3.75. The van der Waals surface area contributed by atoms with Gasteiger partial charge in [0.15, 0.2) is 5.82 Å². The first-order valence-corrected chi connectivity index (χ1v) is 8.74. The molecule has 7 heteroatoms. The average molecular weight is 368 g/mol. The van der Waals surface area contributed by atoms with E-state index < -0.39 is 0 Å². The van der Waals surface area contributed by atoms with Gasteiger partial charge in [-0.05, 0) is 37.7 Å². The first-order chi connectivity index (χ1) is 12.6. The lowest BCUT2D eigenvalue weighted by atomic mass is 10.1. The standard InChI is InChI=1S/C19H20N4O2S/c1-3-10-25-16-9-8-15(17(24)11-16)12-20-23-18(21-22-19(23)26)14-6-4-13(2)5-7-14/h4-9,11-12,24H,3,10H2,1-2H3,(H,22,26)/b20-12+. The van der Waals surface area contributed by atoms with Crippen molar-refractivity contribution in [2.45, 2.75) is 20.3 Å². The summed E-state index contributed by atoms with van der Waals surface area (Å²) < 4.78 is 7.41. The highest BCUT2D eigenvalue weighted by Crippen LogP contribution is 2.23. The number of rotatable bonds is 6. The van der Waals surface area contributed by atoms with E-state index in [2.05, 4.69) is 15.3 Å². The predicted molar refractivity (Wildman–Crippen MR) is 104 cm³/mol. The maximum absolute atomic E-state index is 10.2. The van der Waals surface area contributed by atoms with Crippen molar-refractivity contribution in [3.05, 3.63) is 58.4 Å². The molecule has 0 atom stereocenters. The van der Waals surface area contributed by atoms with Crippen LogP contribution in [-0.2, 0) is 0 Å². The number of hydrogen-bond acceptors (Lipinski definition) is 5. The van der Waals surface area contributed by atoms with Crippen molar-refractivity contribution in [2.75, 3.05) is 6.61 Å². The molecule has 0 aliphatic heterocycles. The Kier molecular flexibility index (Phi) is 5.48. The fraction of sp³-hybridized carbons (Fsp3) is 0.211. The maximum atomic E-state index is 10.2. The topological polar surface area (TPSA) is 75.4 Å². The van der Waals surface area contributed by atoms with Gasteiger partial charge < -0.3 is 9.84 Å². The number of benzene rings is 2. The number of aromatic hydroxyl groups is 1. The van der Waals surface area contributed by atoms with Crippen molar-refractivity contribution in [3.63, 3.8) is 0 Å². The van der Waals surface area contributed by atoms with Crippen molar-refractivity contribution in [3.8, 4) is 22.9 Å². The number of hydrogen-bond donors (Lipinski definition) is 2. The van der Waals surface area contributed by atoms with Crippen LogP contribution in [0.15, 0.2) is 47.6 Å². The minimum absolute atomic E-state index is 0.0919. The molecule has 0 aliphatic carbocycles. The second kappa shape index (κ2) is 7.97. The van der Waals surface area contributed by atoms with Crippen molar-refractivity contribution in [2.24, 2.45) is 5.10 Å². The first kappa shape index (κ1) is 17.9. The molecular weight excluding hydrogens is 348 g/mol. The third-order valence-corrected chi connectivity index (χ3v) is 4.01. The lowest BCUT2D eigenvalue weighted by molar-refractivity contribution is 0.315. The van der Waals surface area contributed by atoms with Gasteiger partial charge in [0, 0.05) is 17.2 Å². The second-order valence-corrected chi connectivity index (χ2v) is 6.23. The molecule has 26 heavy (non-hydrogen) atoms. The van der Waals surface area contributed by atoms with Gasteiger partial charge in [0.05, 0.1) is 12.8 Å². The Hall–Kier alpha value is -2.93. The zero-order valence-corrected chi connectivity index (χ0v) is 15.5. The smallest absolute Gasteiger partial charge is 0.216 e. The summed E-state index contributed by atoms with van der Waals surface area (Å²) >= 11 is 5.26. The number of H-pyrrole nitrogens is 1. The van der Waals surface area contributed by atoms with E-state index in [0.29, 0.717) is 28.5 Å². The highest BCUT2D eigenvalue weighted by Gasteiger charge is 2.08. The van der Waals surface area contributed by atoms with Crippen LogP contribution >= 0.6 is 12.2 Å². The quantitative estimate of drug-likeness (QED) is 0.503. The first-order valence-electron chi connectivity index (χ1n) is 8.33. The Morgan fingerprint density at radius 2 is 2.04 bits per heavy atom. The summed E-state index contributed by atoms with van der Waals surface area (Å²) in [5.41, 5.74) is 2.62. The van der Waals surface area contributed by atoms with Gasteiger partial charge in [-0.1, -0.05) is 36.8 Å². The van der Waals surface area contributed by atoms with Gasteiger partial charge in [0.1, 0.15) is 11.5 Å². The number of nitrogens with zero attached hydrogens (tertiary/aromatic N) is 3. The molecule has 2 aromatic carbocycles. The lowest BCUT2D eigenvalue weighted by Crippen LogP contribution is -1.97. The van der Waals surface area contributed by atoms with Gasteiger partial charge in [0.2, 0.25) is 4.77 Å². The molecule has 0 radical (unpaired) electrons. The molecule has 0 unspecified atom stereocenters. The molecular formula is C19H20N4O2S. The van der Waals surface area contributed by atoms with Gasteiger partial charge in [-0.2, -0.15) is 14.9 Å². The van der Waals surface area contributed by atoms with E-state index in [9.17, 15) is 5.11 Å². The number of aromatic nitrogens is 3. The van der Waals surface area contributed by atoms with Crippen molar-refractivity contribution >= 4 is 18.4 Å². The van der Waals surface area contributed by atoms with Crippen LogP contribution < -0.4 is 4.74 Å². The molecule has 0 saturated carbocycles. The summed E-state index contributed by atoms with van der Waals surface area (Å²) in [6, 6.07) is 13.1. The van der Waals surface area contributed by atoms with E-state index in [1.54, 1.807) is 24.4 Å². The Balaban J connectivity index is 1.88. The highest BCUT2D eigenvalue weighted by molar-refractivity contribution is 7.71. The average Bonchev–Trinajstić information content (AvgIpc) is 3.00. The Labute approximate surface area is 156 Å². The summed E-state index contributed by atoms with van der Waals surface area (Å²) in [5, 5.41) is 21.6. The van der Waals surface area contributed by atoms with Gasteiger partial charge in [-0.15, -0.1) is 0 Å². The molecule has 0 amide bonds. The summed E-state index contributed by atoms with van der Waals surface area (Å²) in [4.78, 5) is 0. The van der Waals surface area contributed by atoms with E-state index in [1.807, 2.05) is 38.1 Å². The fourth-order valence-electron chi connectivity index (χ4n) is 2.35. The molecule has 0 fully saturated rings. The lowest BCUT2D eigenvalue weighted by Gasteiger charge is -2.06. The molecule has 0 bridgehead atoms. The number of ether oxygens (including phenoxy) is 1. The molecule has 1 aromatic heterocycles. The Morgan fingerprint density at radius 3 is 2.73 bits per heavy atom. The number of aryl methyl sites for hydroxylation is 1. The van der Waals surface area contributed by atoms with E-state index in [0.717, 1.165) is 17.5 Å². The van der Waals surface area contributed by atoms with Crippen LogP contribution in [0, 0.1) is 11.7 Å². The second-order valence-electron chi connectivity index (χ2n) is 5.84. The summed E-state index contributed by atoms with van der Waals surface area (Å²) in [6.45, 7) is 4.66. The minimum Gasteiger partial charge on any atom is -0.507 e. The van der Waals surface area contributed by atoms with Gasteiger partial charge in [-0.3, -0.25) is 0 Å². The number of aromatic amines is 1. The van der Waals surface area contributed by atoms with Crippen LogP contribution in [0.3, 0.4) is 0 Å². The van der Waals surface area contributed by atoms with E-state index in [-0.39, 0.29) is 5.75 Å². The van der Waals surface area contributed by atoms with Crippen LogP contribution in [0.2, 0.25) is 0 Å². The monoisotopic (exact) mass is 368 g/mol. The number of nitrogens with one attached hydrogen (secondary N) is 1. The van der Waals surface area contributed by atoms with Gasteiger partial charge in [-0.25, -0.2) is 5.10 Å². The molecule has 0 spiro atoms.